The van der Waals surface area contributed by atoms with Crippen LogP contribution in [0.4, 0.5) is 5.82 Å². The van der Waals surface area contributed by atoms with Gasteiger partial charge in [-0.2, -0.15) is 0 Å². The number of anilines is 1. The van der Waals surface area contributed by atoms with Crippen molar-refractivity contribution in [3.05, 3.63) is 17.1 Å². The van der Waals surface area contributed by atoms with E-state index >= 15 is 0 Å². The van der Waals surface area contributed by atoms with E-state index in [0.717, 1.165) is 50.1 Å². The molecule has 5 heteroatoms. The first kappa shape index (κ1) is 16.2. The fourth-order valence-electron chi connectivity index (χ4n) is 2.89. The molecule has 0 saturated carbocycles. The Morgan fingerprint density at radius 2 is 2.10 bits per heavy atom. The van der Waals surface area contributed by atoms with E-state index in [4.69, 9.17) is 14.7 Å². The normalized spacial score (nSPS) is 20.0. The summed E-state index contributed by atoms with van der Waals surface area (Å²) in [5.41, 5.74) is 2.27. The van der Waals surface area contributed by atoms with Gasteiger partial charge in [0.15, 0.2) is 5.82 Å². The van der Waals surface area contributed by atoms with Gasteiger partial charge in [-0.3, -0.25) is 4.90 Å². The summed E-state index contributed by atoms with van der Waals surface area (Å²) in [5, 5.41) is 3.38. The quantitative estimate of drug-likeness (QED) is 0.904. The lowest BCUT2D eigenvalue weighted by molar-refractivity contribution is -0.0326. The minimum atomic E-state index is -0.0176. The van der Waals surface area contributed by atoms with Crippen LogP contribution in [-0.2, 0) is 4.74 Å². The van der Waals surface area contributed by atoms with Gasteiger partial charge >= 0.3 is 0 Å². The first-order valence-electron chi connectivity index (χ1n) is 8.03. The van der Waals surface area contributed by atoms with Crippen LogP contribution in [0.3, 0.4) is 0 Å². The van der Waals surface area contributed by atoms with E-state index in [9.17, 15) is 0 Å². The lowest BCUT2D eigenvalue weighted by atomic mass is 10.0. The number of hydrogen-bond acceptors (Lipinski definition) is 5. The Kier molecular flexibility index (Phi) is 5.53. The Morgan fingerprint density at radius 1 is 1.33 bits per heavy atom. The molecule has 0 aromatic carbocycles. The van der Waals surface area contributed by atoms with Gasteiger partial charge in [-0.15, -0.1) is 0 Å². The molecule has 1 aromatic heterocycles. The topological polar surface area (TPSA) is 50.3 Å². The van der Waals surface area contributed by atoms with Gasteiger partial charge < -0.3 is 10.1 Å². The van der Waals surface area contributed by atoms with E-state index in [1.54, 1.807) is 0 Å². The van der Waals surface area contributed by atoms with Crippen molar-refractivity contribution >= 4 is 5.82 Å². The van der Waals surface area contributed by atoms with Gasteiger partial charge in [0.25, 0.3) is 0 Å². The Balaban J connectivity index is 2.32. The Morgan fingerprint density at radius 3 is 2.71 bits per heavy atom. The predicted molar refractivity (Wildman–Crippen MR) is 85.8 cm³/mol. The second-order valence-electron chi connectivity index (χ2n) is 5.87. The molecule has 21 heavy (non-hydrogen) atoms. The zero-order valence-electron chi connectivity index (χ0n) is 13.9. The minimum absolute atomic E-state index is 0.0176. The summed E-state index contributed by atoms with van der Waals surface area (Å²) in [7, 11) is 0. The van der Waals surface area contributed by atoms with Crippen LogP contribution in [0, 0.1) is 6.92 Å². The molecule has 0 spiro atoms. The average molecular weight is 292 g/mol. The van der Waals surface area contributed by atoms with Crippen LogP contribution >= 0.6 is 0 Å². The van der Waals surface area contributed by atoms with Crippen LogP contribution in [0.1, 0.15) is 56.8 Å². The van der Waals surface area contributed by atoms with Crippen molar-refractivity contribution in [2.45, 2.75) is 46.6 Å². The van der Waals surface area contributed by atoms with Crippen molar-refractivity contribution in [3.63, 3.8) is 0 Å². The van der Waals surface area contributed by atoms with E-state index < -0.39 is 0 Å². The number of ether oxygens (including phenoxy) is 1. The predicted octanol–water partition coefficient (Wildman–Crippen LogP) is 2.73. The van der Waals surface area contributed by atoms with Crippen molar-refractivity contribution in [2.24, 2.45) is 0 Å². The molecule has 1 saturated heterocycles. The van der Waals surface area contributed by atoms with Crippen molar-refractivity contribution < 1.29 is 4.74 Å². The number of hydrogen-bond donors (Lipinski definition) is 1. The lowest BCUT2D eigenvalue weighted by Crippen LogP contribution is -2.38. The zero-order valence-corrected chi connectivity index (χ0v) is 13.9. The molecule has 1 unspecified atom stereocenters. The molecule has 2 rings (SSSR count). The molecule has 1 atom stereocenters. The van der Waals surface area contributed by atoms with Crippen LogP contribution in [-0.4, -0.2) is 47.7 Å². The van der Waals surface area contributed by atoms with Gasteiger partial charge in [-0.1, -0.05) is 20.8 Å². The molecule has 118 valence electrons. The number of nitrogens with one attached hydrogen (secondary N) is 1. The maximum atomic E-state index is 5.89. The molecule has 1 N–H and O–H groups in total. The van der Waals surface area contributed by atoms with Crippen LogP contribution in [0.25, 0.3) is 0 Å². The molecule has 0 radical (unpaired) electrons. The van der Waals surface area contributed by atoms with Crippen molar-refractivity contribution in [2.75, 3.05) is 38.1 Å². The summed E-state index contributed by atoms with van der Waals surface area (Å²) in [6, 6.07) is 0. The Hall–Kier alpha value is -1.20. The van der Waals surface area contributed by atoms with Gasteiger partial charge in [0, 0.05) is 30.9 Å². The Labute approximate surface area is 128 Å². The SMILES string of the molecule is CCNc1nc(C2CN(CC)CCO2)nc(C)c1C(C)C. The number of rotatable bonds is 5. The molecule has 1 fully saturated rings. The van der Waals surface area contributed by atoms with E-state index in [1.807, 2.05) is 0 Å². The van der Waals surface area contributed by atoms with Gasteiger partial charge in [-0.05, 0) is 26.3 Å². The molecule has 0 aliphatic carbocycles. The summed E-state index contributed by atoms with van der Waals surface area (Å²) in [4.78, 5) is 11.9. The smallest absolute Gasteiger partial charge is 0.161 e. The van der Waals surface area contributed by atoms with Gasteiger partial charge in [0.05, 0.1) is 6.61 Å². The van der Waals surface area contributed by atoms with Gasteiger partial charge in [0.1, 0.15) is 11.9 Å². The summed E-state index contributed by atoms with van der Waals surface area (Å²) >= 11 is 0. The van der Waals surface area contributed by atoms with Crippen LogP contribution in [0.15, 0.2) is 0 Å². The first-order valence-corrected chi connectivity index (χ1v) is 8.03. The largest absolute Gasteiger partial charge is 0.370 e. The van der Waals surface area contributed by atoms with E-state index in [0.29, 0.717) is 5.92 Å². The summed E-state index contributed by atoms with van der Waals surface area (Å²) in [6.45, 7) is 15.2. The van der Waals surface area contributed by atoms with Crippen molar-refractivity contribution in [3.8, 4) is 0 Å². The van der Waals surface area contributed by atoms with Gasteiger partial charge in [-0.25, -0.2) is 9.97 Å². The van der Waals surface area contributed by atoms with Crippen LogP contribution in [0.5, 0.6) is 0 Å². The third kappa shape index (κ3) is 3.71. The fraction of sp³-hybridized carbons (Fsp3) is 0.750. The van der Waals surface area contributed by atoms with Crippen LogP contribution < -0.4 is 5.32 Å². The lowest BCUT2D eigenvalue weighted by Gasteiger charge is -2.31. The minimum Gasteiger partial charge on any atom is -0.370 e. The highest BCUT2D eigenvalue weighted by molar-refractivity contribution is 5.48. The molecular weight excluding hydrogens is 264 g/mol. The van der Waals surface area contributed by atoms with Crippen molar-refractivity contribution in [1.29, 1.82) is 0 Å². The monoisotopic (exact) mass is 292 g/mol. The number of aryl methyl sites for hydroxylation is 1. The fourth-order valence-corrected chi connectivity index (χ4v) is 2.89. The molecule has 1 aliphatic rings. The molecule has 5 nitrogen and oxygen atoms in total. The third-order valence-electron chi connectivity index (χ3n) is 3.96. The van der Waals surface area contributed by atoms with E-state index in [2.05, 4.69) is 44.8 Å². The average Bonchev–Trinajstić information content (AvgIpc) is 2.46. The number of morpholine rings is 1. The Bertz CT molecular complexity index is 476. The third-order valence-corrected chi connectivity index (χ3v) is 3.96. The van der Waals surface area contributed by atoms with Crippen molar-refractivity contribution in [1.82, 2.24) is 14.9 Å². The molecule has 1 aliphatic heterocycles. The molecule has 2 heterocycles. The maximum absolute atomic E-state index is 5.89. The molecule has 0 amide bonds. The van der Waals surface area contributed by atoms with E-state index in [-0.39, 0.29) is 6.10 Å². The first-order chi connectivity index (χ1) is 10.1. The summed E-state index contributed by atoms with van der Waals surface area (Å²) < 4.78 is 5.89. The summed E-state index contributed by atoms with van der Waals surface area (Å²) in [6.07, 6.45) is -0.0176. The van der Waals surface area contributed by atoms with E-state index in [1.165, 1.54) is 5.56 Å². The second kappa shape index (κ2) is 7.18. The molecular formula is C16H28N4O. The van der Waals surface area contributed by atoms with Gasteiger partial charge in [0.2, 0.25) is 0 Å². The second-order valence-corrected chi connectivity index (χ2v) is 5.87. The molecule has 1 aromatic rings. The number of nitrogens with zero attached hydrogens (tertiary/aromatic N) is 3. The summed E-state index contributed by atoms with van der Waals surface area (Å²) in [5.74, 6) is 2.19. The number of likely N-dealkylation sites (N-methyl/N-ethyl adjacent to an activating group) is 1. The highest BCUT2D eigenvalue weighted by Crippen LogP contribution is 2.28. The van der Waals surface area contributed by atoms with Crippen LogP contribution in [0.2, 0.25) is 0 Å². The zero-order chi connectivity index (χ0) is 15.4. The maximum Gasteiger partial charge on any atom is 0.161 e. The standard InChI is InChI=1S/C16H28N4O/c1-6-17-16-14(11(3)4)12(5)18-15(19-16)13-10-20(7-2)8-9-21-13/h11,13H,6-10H2,1-5H3,(H,17,18,19). The highest BCUT2D eigenvalue weighted by atomic mass is 16.5. The molecule has 0 bridgehead atoms. The number of aromatic nitrogens is 2. The highest BCUT2D eigenvalue weighted by Gasteiger charge is 2.25.